The molecule has 2 fully saturated rings. The quantitative estimate of drug-likeness (QED) is 0.876. The van der Waals surface area contributed by atoms with Gasteiger partial charge in [-0.15, -0.1) is 0 Å². The predicted octanol–water partition coefficient (Wildman–Crippen LogP) is 2.19. The molecule has 2 aliphatic rings. The van der Waals surface area contributed by atoms with Crippen molar-refractivity contribution in [3.8, 4) is 0 Å². The number of hydrogen-bond acceptors (Lipinski definition) is 4. The van der Waals surface area contributed by atoms with Crippen molar-refractivity contribution in [3.05, 3.63) is 23.9 Å². The average molecular weight is 358 g/mol. The van der Waals surface area contributed by atoms with E-state index >= 15 is 0 Å². The van der Waals surface area contributed by atoms with Crippen LogP contribution in [0.25, 0.3) is 0 Å². The Labute approximate surface area is 156 Å². The van der Waals surface area contributed by atoms with Gasteiger partial charge in [-0.2, -0.15) is 0 Å². The minimum Gasteiger partial charge on any atom is -0.357 e. The highest BCUT2D eigenvalue weighted by Crippen LogP contribution is 2.20. The zero-order valence-corrected chi connectivity index (χ0v) is 15.9. The molecule has 0 radical (unpaired) electrons. The van der Waals surface area contributed by atoms with Gasteiger partial charge < -0.3 is 15.1 Å². The summed E-state index contributed by atoms with van der Waals surface area (Å²) in [4.78, 5) is 33.1. The van der Waals surface area contributed by atoms with Crippen molar-refractivity contribution < 1.29 is 9.59 Å². The second-order valence-electron chi connectivity index (χ2n) is 7.69. The third-order valence-corrected chi connectivity index (χ3v) is 5.38. The molecule has 2 amide bonds. The SMILES string of the molecule is CC(C)C(=O)N1CCC(C(=O)NCc2ccc(N3CCCC3)nc2)CC1. The molecule has 0 aromatic carbocycles. The third kappa shape index (κ3) is 4.54. The molecule has 0 unspecified atom stereocenters. The van der Waals surface area contributed by atoms with E-state index in [2.05, 4.69) is 15.2 Å². The normalized spacial score (nSPS) is 18.4. The van der Waals surface area contributed by atoms with E-state index in [0.717, 1.165) is 37.3 Å². The van der Waals surface area contributed by atoms with Crippen molar-refractivity contribution >= 4 is 17.6 Å². The average Bonchev–Trinajstić information content (AvgIpc) is 3.20. The molecule has 3 rings (SSSR count). The number of piperidine rings is 1. The van der Waals surface area contributed by atoms with E-state index in [-0.39, 0.29) is 23.7 Å². The topological polar surface area (TPSA) is 65.5 Å². The highest BCUT2D eigenvalue weighted by Gasteiger charge is 2.28. The van der Waals surface area contributed by atoms with Gasteiger partial charge in [0.25, 0.3) is 0 Å². The first-order valence-corrected chi connectivity index (χ1v) is 9.81. The Balaban J connectivity index is 1.43. The van der Waals surface area contributed by atoms with E-state index in [1.165, 1.54) is 12.8 Å². The summed E-state index contributed by atoms with van der Waals surface area (Å²) < 4.78 is 0. The van der Waals surface area contributed by atoms with E-state index in [1.807, 2.05) is 37.1 Å². The first kappa shape index (κ1) is 18.7. The van der Waals surface area contributed by atoms with Crippen LogP contribution >= 0.6 is 0 Å². The van der Waals surface area contributed by atoms with Crippen molar-refractivity contribution in [2.75, 3.05) is 31.1 Å². The first-order valence-electron chi connectivity index (χ1n) is 9.81. The molecule has 0 saturated carbocycles. The fourth-order valence-electron chi connectivity index (χ4n) is 3.72. The van der Waals surface area contributed by atoms with Crippen LogP contribution in [0, 0.1) is 11.8 Å². The maximum atomic E-state index is 12.4. The summed E-state index contributed by atoms with van der Waals surface area (Å²) in [5.74, 6) is 1.33. The number of carbonyl (C=O) groups is 2. The number of nitrogens with one attached hydrogen (secondary N) is 1. The molecule has 2 aliphatic heterocycles. The molecule has 142 valence electrons. The first-order chi connectivity index (χ1) is 12.5. The smallest absolute Gasteiger partial charge is 0.225 e. The fraction of sp³-hybridized carbons (Fsp3) is 0.650. The summed E-state index contributed by atoms with van der Waals surface area (Å²) in [5.41, 5.74) is 1.02. The van der Waals surface area contributed by atoms with E-state index in [9.17, 15) is 9.59 Å². The Morgan fingerprint density at radius 1 is 1.15 bits per heavy atom. The van der Waals surface area contributed by atoms with E-state index in [1.54, 1.807) is 0 Å². The van der Waals surface area contributed by atoms with Crippen LogP contribution in [0.3, 0.4) is 0 Å². The van der Waals surface area contributed by atoms with Crippen LogP contribution in [0.2, 0.25) is 0 Å². The lowest BCUT2D eigenvalue weighted by molar-refractivity contribution is -0.138. The molecule has 1 aromatic rings. The molecule has 6 nitrogen and oxygen atoms in total. The zero-order chi connectivity index (χ0) is 18.5. The minimum atomic E-state index is 0.00282. The van der Waals surface area contributed by atoms with E-state index in [0.29, 0.717) is 19.6 Å². The van der Waals surface area contributed by atoms with Gasteiger partial charge in [0.05, 0.1) is 0 Å². The molecule has 6 heteroatoms. The van der Waals surface area contributed by atoms with Crippen molar-refractivity contribution in [1.82, 2.24) is 15.2 Å². The molecule has 1 aromatic heterocycles. The van der Waals surface area contributed by atoms with Gasteiger partial charge in [-0.25, -0.2) is 4.98 Å². The summed E-state index contributed by atoms with van der Waals surface area (Å²) in [6.45, 7) is 7.89. The lowest BCUT2D eigenvalue weighted by Crippen LogP contribution is -2.44. The number of hydrogen-bond donors (Lipinski definition) is 1. The van der Waals surface area contributed by atoms with Crippen LogP contribution in [-0.2, 0) is 16.1 Å². The largest absolute Gasteiger partial charge is 0.357 e. The number of pyridine rings is 1. The van der Waals surface area contributed by atoms with Crippen molar-refractivity contribution in [2.24, 2.45) is 11.8 Å². The maximum Gasteiger partial charge on any atom is 0.225 e. The number of likely N-dealkylation sites (tertiary alicyclic amines) is 1. The van der Waals surface area contributed by atoms with E-state index < -0.39 is 0 Å². The van der Waals surface area contributed by atoms with Gasteiger partial charge >= 0.3 is 0 Å². The lowest BCUT2D eigenvalue weighted by Gasteiger charge is -2.32. The molecule has 3 heterocycles. The van der Waals surface area contributed by atoms with Crippen LogP contribution in [0.1, 0.15) is 45.1 Å². The van der Waals surface area contributed by atoms with E-state index in [4.69, 9.17) is 0 Å². The molecular formula is C20H30N4O2. The third-order valence-electron chi connectivity index (χ3n) is 5.38. The van der Waals surface area contributed by atoms with Crippen LogP contribution in [0.4, 0.5) is 5.82 Å². The number of aromatic nitrogens is 1. The highest BCUT2D eigenvalue weighted by molar-refractivity contribution is 5.80. The Morgan fingerprint density at radius 3 is 2.42 bits per heavy atom. The Hall–Kier alpha value is -2.11. The molecule has 2 saturated heterocycles. The van der Waals surface area contributed by atoms with Gasteiger partial charge in [-0.1, -0.05) is 19.9 Å². The monoisotopic (exact) mass is 358 g/mol. The van der Waals surface area contributed by atoms with Gasteiger partial charge in [0.15, 0.2) is 0 Å². The van der Waals surface area contributed by atoms with Gasteiger partial charge in [0.2, 0.25) is 11.8 Å². The zero-order valence-electron chi connectivity index (χ0n) is 15.9. The van der Waals surface area contributed by atoms with Crippen molar-refractivity contribution in [1.29, 1.82) is 0 Å². The highest BCUT2D eigenvalue weighted by atomic mass is 16.2. The van der Waals surface area contributed by atoms with Crippen molar-refractivity contribution in [2.45, 2.75) is 46.1 Å². The summed E-state index contributed by atoms with van der Waals surface area (Å²) in [5, 5.41) is 3.03. The molecule has 0 spiro atoms. The number of amides is 2. The fourth-order valence-corrected chi connectivity index (χ4v) is 3.72. The summed E-state index contributed by atoms with van der Waals surface area (Å²) in [7, 11) is 0. The second-order valence-corrected chi connectivity index (χ2v) is 7.69. The number of anilines is 1. The summed E-state index contributed by atoms with van der Waals surface area (Å²) in [6, 6.07) is 4.09. The standard InChI is InChI=1S/C20H30N4O2/c1-15(2)20(26)24-11-7-17(8-12-24)19(25)22-14-16-5-6-18(21-13-16)23-9-3-4-10-23/h5-6,13,15,17H,3-4,7-12,14H2,1-2H3,(H,22,25). The molecule has 0 atom stereocenters. The molecule has 0 aliphatic carbocycles. The van der Waals surface area contributed by atoms with Crippen LogP contribution in [0.15, 0.2) is 18.3 Å². The molecule has 1 N–H and O–H groups in total. The minimum absolute atomic E-state index is 0.00282. The van der Waals surface area contributed by atoms with Gasteiger partial charge in [-0.05, 0) is 37.3 Å². The Kier molecular flexibility index (Phi) is 6.12. The molecular weight excluding hydrogens is 328 g/mol. The number of nitrogens with zero attached hydrogens (tertiary/aromatic N) is 3. The number of rotatable bonds is 5. The van der Waals surface area contributed by atoms with Crippen molar-refractivity contribution in [3.63, 3.8) is 0 Å². The predicted molar refractivity (Wildman–Crippen MR) is 102 cm³/mol. The van der Waals surface area contributed by atoms with Gasteiger partial charge in [-0.3, -0.25) is 9.59 Å². The maximum absolute atomic E-state index is 12.4. The second kappa shape index (κ2) is 8.52. The van der Waals surface area contributed by atoms with Crippen LogP contribution in [-0.4, -0.2) is 47.9 Å². The van der Waals surface area contributed by atoms with Crippen LogP contribution < -0.4 is 10.2 Å². The molecule has 0 bridgehead atoms. The van der Waals surface area contributed by atoms with Gasteiger partial charge in [0.1, 0.15) is 5.82 Å². The summed E-state index contributed by atoms with van der Waals surface area (Å²) in [6.07, 6.45) is 5.83. The Morgan fingerprint density at radius 2 is 1.85 bits per heavy atom. The summed E-state index contributed by atoms with van der Waals surface area (Å²) >= 11 is 0. The van der Waals surface area contributed by atoms with Crippen LogP contribution in [0.5, 0.6) is 0 Å². The Bertz CT molecular complexity index is 615. The molecule has 26 heavy (non-hydrogen) atoms. The van der Waals surface area contributed by atoms with Gasteiger partial charge in [0, 0.05) is 50.8 Å². The number of carbonyl (C=O) groups excluding carboxylic acids is 2. The lowest BCUT2D eigenvalue weighted by atomic mass is 9.95.